The highest BCUT2D eigenvalue weighted by Gasteiger charge is 2.19. The van der Waals surface area contributed by atoms with Gasteiger partial charge in [-0.25, -0.2) is 4.98 Å². The Morgan fingerprint density at radius 2 is 2.29 bits per heavy atom. The summed E-state index contributed by atoms with van der Waals surface area (Å²) < 4.78 is 0. The first-order valence-corrected chi connectivity index (χ1v) is 7.08. The van der Waals surface area contributed by atoms with Gasteiger partial charge >= 0.3 is 0 Å². The molecular formula is C13H14N4O3S. The molecule has 2 rings (SSSR count). The van der Waals surface area contributed by atoms with Crippen molar-refractivity contribution in [3.8, 4) is 0 Å². The number of hydrogen-bond acceptors (Lipinski definition) is 6. The number of hydrogen-bond donors (Lipinski definition) is 2. The first kappa shape index (κ1) is 14.9. The van der Waals surface area contributed by atoms with Crippen LogP contribution >= 0.6 is 11.3 Å². The van der Waals surface area contributed by atoms with Crippen LogP contribution in [0.5, 0.6) is 0 Å². The molecule has 0 bridgehead atoms. The summed E-state index contributed by atoms with van der Waals surface area (Å²) in [4.78, 5) is 26.6. The van der Waals surface area contributed by atoms with E-state index >= 15 is 0 Å². The molecular weight excluding hydrogens is 292 g/mol. The number of nitrogen functional groups attached to an aromatic ring is 1. The third-order valence-electron chi connectivity index (χ3n) is 2.75. The largest absolute Gasteiger partial charge is 0.399 e. The molecule has 0 fully saturated rings. The Morgan fingerprint density at radius 1 is 1.52 bits per heavy atom. The first-order valence-electron chi connectivity index (χ1n) is 6.20. The minimum absolute atomic E-state index is 0.0321. The lowest BCUT2D eigenvalue weighted by atomic mass is 10.1. The molecule has 1 amide bonds. The molecule has 2 aromatic rings. The Hall–Kier alpha value is -2.48. The van der Waals surface area contributed by atoms with Crippen LogP contribution < -0.4 is 11.1 Å². The maximum Gasteiger partial charge on any atom is 0.282 e. The highest BCUT2D eigenvalue weighted by atomic mass is 32.1. The average molecular weight is 306 g/mol. The molecule has 1 aromatic heterocycles. The molecule has 1 aromatic carbocycles. The molecule has 0 unspecified atom stereocenters. The fourth-order valence-electron chi connectivity index (χ4n) is 1.79. The molecule has 1 heterocycles. The molecule has 3 N–H and O–H groups in total. The molecule has 0 saturated carbocycles. The number of benzene rings is 1. The summed E-state index contributed by atoms with van der Waals surface area (Å²) in [5.41, 5.74) is 6.53. The normalized spacial score (nSPS) is 10.3. The van der Waals surface area contributed by atoms with Gasteiger partial charge in [0.15, 0.2) is 0 Å². The van der Waals surface area contributed by atoms with Crippen molar-refractivity contribution < 1.29 is 9.72 Å². The number of thiazole rings is 1. The summed E-state index contributed by atoms with van der Waals surface area (Å²) in [5.74, 6) is -0.512. The van der Waals surface area contributed by atoms with Gasteiger partial charge in [0, 0.05) is 35.8 Å². The second kappa shape index (κ2) is 6.31. The van der Waals surface area contributed by atoms with Gasteiger partial charge in [-0.2, -0.15) is 0 Å². The van der Waals surface area contributed by atoms with Gasteiger partial charge in [-0.3, -0.25) is 14.9 Å². The van der Waals surface area contributed by atoms with Gasteiger partial charge < -0.3 is 11.1 Å². The van der Waals surface area contributed by atoms with Gasteiger partial charge in [0.2, 0.25) is 0 Å². The van der Waals surface area contributed by atoms with Crippen LogP contribution in [0.3, 0.4) is 0 Å². The summed E-state index contributed by atoms with van der Waals surface area (Å²) in [6, 6.07) is 3.93. The van der Waals surface area contributed by atoms with E-state index < -0.39 is 10.8 Å². The van der Waals surface area contributed by atoms with Crippen LogP contribution in [0.1, 0.15) is 21.1 Å². The molecule has 0 radical (unpaired) electrons. The van der Waals surface area contributed by atoms with Gasteiger partial charge in [-0.05, 0) is 19.1 Å². The number of nitro benzene ring substituents is 1. The monoisotopic (exact) mass is 306 g/mol. The second-order valence-electron chi connectivity index (χ2n) is 4.42. The van der Waals surface area contributed by atoms with Gasteiger partial charge in [0.1, 0.15) is 5.56 Å². The van der Waals surface area contributed by atoms with Crippen molar-refractivity contribution in [2.45, 2.75) is 13.3 Å². The van der Waals surface area contributed by atoms with Crippen molar-refractivity contribution in [1.29, 1.82) is 0 Å². The Kier molecular flexibility index (Phi) is 4.49. The van der Waals surface area contributed by atoms with Crippen molar-refractivity contribution >= 4 is 28.6 Å². The van der Waals surface area contributed by atoms with Gasteiger partial charge in [-0.15, -0.1) is 11.3 Å². The maximum absolute atomic E-state index is 12.0. The van der Waals surface area contributed by atoms with E-state index in [1.165, 1.54) is 29.5 Å². The van der Waals surface area contributed by atoms with Gasteiger partial charge in [-0.1, -0.05) is 0 Å². The van der Waals surface area contributed by atoms with E-state index in [0.29, 0.717) is 18.7 Å². The number of anilines is 1. The number of aromatic nitrogens is 1. The smallest absolute Gasteiger partial charge is 0.282 e. The number of nitrogens with one attached hydrogen (secondary N) is 1. The maximum atomic E-state index is 12.0. The molecule has 0 atom stereocenters. The highest BCUT2D eigenvalue weighted by molar-refractivity contribution is 7.09. The lowest BCUT2D eigenvalue weighted by molar-refractivity contribution is -0.385. The van der Waals surface area contributed by atoms with Crippen molar-refractivity contribution in [2.75, 3.05) is 12.3 Å². The number of carbonyl (C=O) groups excluding carboxylic acids is 1. The van der Waals surface area contributed by atoms with Crippen LogP contribution in [-0.4, -0.2) is 22.4 Å². The first-order chi connectivity index (χ1) is 9.97. The molecule has 0 aliphatic heterocycles. The number of amides is 1. The Labute approximate surface area is 125 Å². The van der Waals surface area contributed by atoms with E-state index in [2.05, 4.69) is 10.3 Å². The summed E-state index contributed by atoms with van der Waals surface area (Å²) in [6.45, 7) is 2.26. The van der Waals surface area contributed by atoms with Crippen molar-refractivity contribution in [2.24, 2.45) is 0 Å². The molecule has 7 nitrogen and oxygen atoms in total. The zero-order chi connectivity index (χ0) is 15.4. The number of rotatable bonds is 5. The minimum atomic E-state index is -0.599. The predicted molar refractivity (Wildman–Crippen MR) is 80.4 cm³/mol. The minimum Gasteiger partial charge on any atom is -0.399 e. The summed E-state index contributed by atoms with van der Waals surface area (Å²) in [6.07, 6.45) is 0.584. The van der Waals surface area contributed by atoms with Crippen LogP contribution in [0.2, 0.25) is 0 Å². The molecule has 8 heteroatoms. The van der Waals surface area contributed by atoms with Crippen LogP contribution in [0, 0.1) is 17.0 Å². The number of aryl methyl sites for hydroxylation is 1. The molecule has 0 saturated heterocycles. The van der Waals surface area contributed by atoms with Crippen LogP contribution in [0.15, 0.2) is 23.6 Å². The summed E-state index contributed by atoms with van der Waals surface area (Å²) >= 11 is 1.52. The molecule has 0 spiro atoms. The topological polar surface area (TPSA) is 111 Å². The van der Waals surface area contributed by atoms with Crippen LogP contribution in [-0.2, 0) is 6.42 Å². The number of nitrogens with zero attached hydrogens (tertiary/aromatic N) is 2. The van der Waals surface area contributed by atoms with Crippen molar-refractivity contribution in [1.82, 2.24) is 10.3 Å². The van der Waals surface area contributed by atoms with E-state index in [1.807, 2.05) is 12.3 Å². The van der Waals surface area contributed by atoms with Gasteiger partial charge in [0.05, 0.1) is 9.93 Å². The summed E-state index contributed by atoms with van der Waals surface area (Å²) in [7, 11) is 0. The van der Waals surface area contributed by atoms with Crippen molar-refractivity contribution in [3.63, 3.8) is 0 Å². The fraction of sp³-hybridized carbons (Fsp3) is 0.231. The third kappa shape index (κ3) is 3.76. The Balaban J connectivity index is 2.03. The van der Waals surface area contributed by atoms with E-state index in [-0.39, 0.29) is 11.3 Å². The molecule has 21 heavy (non-hydrogen) atoms. The highest BCUT2D eigenvalue weighted by Crippen LogP contribution is 2.21. The van der Waals surface area contributed by atoms with Gasteiger partial charge in [0.25, 0.3) is 11.6 Å². The Morgan fingerprint density at radius 3 is 2.90 bits per heavy atom. The average Bonchev–Trinajstić information content (AvgIpc) is 2.84. The number of nitrogens with two attached hydrogens (primary N) is 1. The Bertz CT molecular complexity index is 684. The second-order valence-corrected chi connectivity index (χ2v) is 5.36. The molecule has 110 valence electrons. The summed E-state index contributed by atoms with van der Waals surface area (Å²) in [5, 5.41) is 16.4. The van der Waals surface area contributed by atoms with E-state index in [0.717, 1.165) is 10.7 Å². The molecule has 0 aliphatic rings. The van der Waals surface area contributed by atoms with Crippen LogP contribution in [0.4, 0.5) is 11.4 Å². The van der Waals surface area contributed by atoms with E-state index in [4.69, 9.17) is 5.73 Å². The molecule has 0 aliphatic carbocycles. The fourth-order valence-corrected chi connectivity index (χ4v) is 2.57. The lowest BCUT2D eigenvalue weighted by Crippen LogP contribution is -2.26. The third-order valence-corrected chi connectivity index (χ3v) is 3.78. The van der Waals surface area contributed by atoms with Crippen molar-refractivity contribution in [3.05, 3.63) is 50.0 Å². The lowest BCUT2D eigenvalue weighted by Gasteiger charge is -2.05. The van der Waals surface area contributed by atoms with E-state index in [1.54, 1.807) is 0 Å². The standard InChI is InChI=1S/C13H14N4O3S/c1-8-7-21-12(16-8)4-5-15-13(18)10-6-9(14)2-3-11(10)17(19)20/h2-3,6-7H,4-5,14H2,1H3,(H,15,18). The van der Waals surface area contributed by atoms with E-state index in [9.17, 15) is 14.9 Å². The quantitative estimate of drug-likeness (QED) is 0.498. The van der Waals surface area contributed by atoms with Crippen LogP contribution in [0.25, 0.3) is 0 Å². The zero-order valence-corrected chi connectivity index (χ0v) is 12.1. The SMILES string of the molecule is Cc1csc(CCNC(=O)c2cc(N)ccc2[N+](=O)[O-])n1. The number of nitro groups is 1. The zero-order valence-electron chi connectivity index (χ0n) is 11.3. The predicted octanol–water partition coefficient (Wildman–Crippen LogP) is 1.91. The number of carbonyl (C=O) groups is 1.